The molecule has 1 aliphatic carbocycles. The molecule has 24 heavy (non-hydrogen) atoms. The molecule has 0 spiro atoms. The minimum absolute atomic E-state index is 0.477. The van der Waals surface area contributed by atoms with Crippen LogP contribution in [0.2, 0.25) is 0 Å². The van der Waals surface area contributed by atoms with Crippen LogP contribution in [-0.2, 0) is 4.74 Å². The van der Waals surface area contributed by atoms with Gasteiger partial charge in [-0.15, -0.1) is 0 Å². The van der Waals surface area contributed by atoms with E-state index in [0.29, 0.717) is 18.2 Å². The Labute approximate surface area is 148 Å². The first kappa shape index (κ1) is 19.5. The molecule has 0 unspecified atom stereocenters. The Balaban J connectivity index is 1.59. The van der Waals surface area contributed by atoms with Crippen molar-refractivity contribution in [3.63, 3.8) is 0 Å². The molecule has 1 heterocycles. The molecule has 5 nitrogen and oxygen atoms in total. The zero-order chi connectivity index (χ0) is 17.2. The lowest BCUT2D eigenvalue weighted by Gasteiger charge is -2.35. The van der Waals surface area contributed by atoms with E-state index in [-0.39, 0.29) is 0 Å². The van der Waals surface area contributed by atoms with Crippen LogP contribution in [0.5, 0.6) is 0 Å². The van der Waals surface area contributed by atoms with Gasteiger partial charge in [-0.3, -0.25) is 4.99 Å². The first-order valence-corrected chi connectivity index (χ1v) is 10.0. The summed E-state index contributed by atoms with van der Waals surface area (Å²) in [7, 11) is 1.85. The maximum Gasteiger partial charge on any atom is 0.191 e. The van der Waals surface area contributed by atoms with Gasteiger partial charge in [0.15, 0.2) is 5.96 Å². The number of hydrogen-bond acceptors (Lipinski definition) is 3. The van der Waals surface area contributed by atoms with E-state index in [2.05, 4.69) is 34.4 Å². The van der Waals surface area contributed by atoms with Gasteiger partial charge in [-0.25, -0.2) is 0 Å². The quantitative estimate of drug-likeness (QED) is 0.338. The van der Waals surface area contributed by atoms with Crippen molar-refractivity contribution in [1.29, 1.82) is 0 Å². The van der Waals surface area contributed by atoms with Gasteiger partial charge in [-0.1, -0.05) is 25.7 Å². The van der Waals surface area contributed by atoms with E-state index >= 15 is 0 Å². The predicted octanol–water partition coefficient (Wildman–Crippen LogP) is 2.76. The molecule has 0 bridgehead atoms. The maximum absolute atomic E-state index is 6.04. The number of aliphatic imine (C=N–C) groups is 1. The first-order chi connectivity index (χ1) is 11.7. The molecule has 1 saturated heterocycles. The van der Waals surface area contributed by atoms with E-state index in [1.807, 2.05) is 7.05 Å². The van der Waals surface area contributed by atoms with E-state index < -0.39 is 0 Å². The second-order valence-corrected chi connectivity index (χ2v) is 7.53. The van der Waals surface area contributed by atoms with Gasteiger partial charge in [-0.05, 0) is 39.5 Å². The zero-order valence-electron chi connectivity index (χ0n) is 16.0. The molecule has 2 rings (SSSR count). The Morgan fingerprint density at radius 1 is 1.08 bits per heavy atom. The lowest BCUT2D eigenvalue weighted by molar-refractivity contribution is 0.0467. The Kier molecular flexibility index (Phi) is 8.89. The summed E-state index contributed by atoms with van der Waals surface area (Å²) in [6, 6.07) is 1.19. The van der Waals surface area contributed by atoms with E-state index in [4.69, 9.17) is 4.74 Å². The van der Waals surface area contributed by atoms with Crippen LogP contribution in [0.3, 0.4) is 0 Å². The summed E-state index contributed by atoms with van der Waals surface area (Å²) in [5.41, 5.74) is 0. The highest BCUT2D eigenvalue weighted by Crippen LogP contribution is 2.19. The van der Waals surface area contributed by atoms with Gasteiger partial charge in [0.1, 0.15) is 0 Å². The molecule has 0 aromatic heterocycles. The molecule has 140 valence electrons. The molecule has 2 aliphatic rings. The van der Waals surface area contributed by atoms with Crippen LogP contribution in [0.25, 0.3) is 0 Å². The molecular formula is C19H38N4O. The highest BCUT2D eigenvalue weighted by Gasteiger charge is 2.21. The van der Waals surface area contributed by atoms with Gasteiger partial charge in [-0.2, -0.15) is 0 Å². The number of piperidine rings is 1. The highest BCUT2D eigenvalue weighted by atomic mass is 16.5. The van der Waals surface area contributed by atoms with Gasteiger partial charge < -0.3 is 20.3 Å². The average molecular weight is 339 g/mol. The van der Waals surface area contributed by atoms with Crippen molar-refractivity contribution < 1.29 is 4.74 Å². The number of likely N-dealkylation sites (tertiary alicyclic amines) is 1. The van der Waals surface area contributed by atoms with Gasteiger partial charge >= 0.3 is 0 Å². The van der Waals surface area contributed by atoms with Crippen LogP contribution >= 0.6 is 0 Å². The fourth-order valence-corrected chi connectivity index (χ4v) is 3.75. The van der Waals surface area contributed by atoms with Crippen LogP contribution in [0.4, 0.5) is 0 Å². The second-order valence-electron chi connectivity index (χ2n) is 7.53. The smallest absolute Gasteiger partial charge is 0.191 e. The molecule has 0 radical (unpaired) electrons. The van der Waals surface area contributed by atoms with Crippen molar-refractivity contribution in [2.75, 3.05) is 33.3 Å². The Morgan fingerprint density at radius 3 is 2.33 bits per heavy atom. The molecule has 1 aliphatic heterocycles. The minimum atomic E-state index is 0.477. The first-order valence-electron chi connectivity index (χ1n) is 10.0. The number of ether oxygens (including phenoxy) is 1. The topological polar surface area (TPSA) is 48.9 Å². The third-order valence-electron chi connectivity index (χ3n) is 5.37. The number of rotatable bonds is 6. The lowest BCUT2D eigenvalue weighted by atomic mass is 10.0. The van der Waals surface area contributed by atoms with E-state index in [1.165, 1.54) is 64.5 Å². The highest BCUT2D eigenvalue weighted by molar-refractivity contribution is 5.79. The average Bonchev–Trinajstić information content (AvgIpc) is 2.86. The fourth-order valence-electron chi connectivity index (χ4n) is 3.75. The normalized spacial score (nSPS) is 22.6. The van der Waals surface area contributed by atoms with E-state index in [1.54, 1.807) is 0 Å². The Morgan fingerprint density at radius 2 is 1.75 bits per heavy atom. The number of hydrogen-bond donors (Lipinski definition) is 2. The number of nitrogens with one attached hydrogen (secondary N) is 2. The van der Waals surface area contributed by atoms with Crippen LogP contribution < -0.4 is 10.6 Å². The van der Waals surface area contributed by atoms with Gasteiger partial charge in [0, 0.05) is 38.8 Å². The van der Waals surface area contributed by atoms with Gasteiger partial charge in [0.25, 0.3) is 0 Å². The summed E-state index contributed by atoms with van der Waals surface area (Å²) in [5, 5.41) is 6.98. The molecule has 2 fully saturated rings. The van der Waals surface area contributed by atoms with Crippen molar-refractivity contribution in [3.05, 3.63) is 0 Å². The van der Waals surface area contributed by atoms with Crippen LogP contribution in [-0.4, -0.2) is 62.3 Å². The summed E-state index contributed by atoms with van der Waals surface area (Å²) in [5.74, 6) is 0.919. The SMILES string of the molecule is CN=C(NCCOC1CCCCCC1)NC1CCN(C(C)C)CC1. The fraction of sp³-hybridized carbons (Fsp3) is 0.947. The molecular weight excluding hydrogens is 300 g/mol. The maximum atomic E-state index is 6.04. The zero-order valence-corrected chi connectivity index (χ0v) is 16.0. The summed E-state index contributed by atoms with van der Waals surface area (Å²) in [4.78, 5) is 6.91. The van der Waals surface area contributed by atoms with Crippen molar-refractivity contribution in [3.8, 4) is 0 Å². The number of nitrogens with zero attached hydrogens (tertiary/aromatic N) is 2. The standard InChI is InChI=1S/C19H38N4O/c1-16(2)23-13-10-17(11-14-23)22-19(20-3)21-12-15-24-18-8-6-4-5-7-9-18/h16-18H,4-15H2,1-3H3,(H2,20,21,22). The summed E-state index contributed by atoms with van der Waals surface area (Å²) in [6.45, 7) is 8.53. The van der Waals surface area contributed by atoms with Crippen molar-refractivity contribution >= 4 is 5.96 Å². The third-order valence-corrected chi connectivity index (χ3v) is 5.37. The predicted molar refractivity (Wildman–Crippen MR) is 102 cm³/mol. The minimum Gasteiger partial charge on any atom is -0.376 e. The largest absolute Gasteiger partial charge is 0.376 e. The monoisotopic (exact) mass is 338 g/mol. The van der Waals surface area contributed by atoms with Crippen molar-refractivity contribution in [1.82, 2.24) is 15.5 Å². The lowest BCUT2D eigenvalue weighted by Crippen LogP contribution is -2.50. The van der Waals surface area contributed by atoms with Gasteiger partial charge in [0.05, 0.1) is 12.7 Å². The summed E-state index contributed by atoms with van der Waals surface area (Å²) >= 11 is 0. The third kappa shape index (κ3) is 6.98. The van der Waals surface area contributed by atoms with E-state index in [0.717, 1.165) is 19.1 Å². The van der Waals surface area contributed by atoms with Crippen LogP contribution in [0.15, 0.2) is 4.99 Å². The van der Waals surface area contributed by atoms with E-state index in [9.17, 15) is 0 Å². The Hall–Kier alpha value is -0.810. The molecule has 0 aromatic rings. The van der Waals surface area contributed by atoms with Crippen LogP contribution in [0, 0.1) is 0 Å². The summed E-state index contributed by atoms with van der Waals surface area (Å²) in [6.07, 6.45) is 10.8. The molecule has 5 heteroatoms. The molecule has 2 N–H and O–H groups in total. The Bertz CT molecular complexity index is 356. The van der Waals surface area contributed by atoms with Crippen LogP contribution in [0.1, 0.15) is 65.2 Å². The molecule has 0 amide bonds. The molecule has 0 aromatic carbocycles. The number of guanidine groups is 1. The second kappa shape index (κ2) is 10.9. The van der Waals surface area contributed by atoms with Crippen molar-refractivity contribution in [2.45, 2.75) is 83.4 Å². The van der Waals surface area contributed by atoms with Gasteiger partial charge in [0.2, 0.25) is 0 Å². The molecule has 1 saturated carbocycles. The molecule has 0 atom stereocenters. The summed E-state index contributed by atoms with van der Waals surface area (Å²) < 4.78 is 6.04. The van der Waals surface area contributed by atoms with Crippen molar-refractivity contribution in [2.24, 2.45) is 4.99 Å².